The number of thioether (sulfide) groups is 1. The fourth-order valence-electron chi connectivity index (χ4n) is 4.24. The van der Waals surface area contributed by atoms with Gasteiger partial charge in [0.25, 0.3) is 11.6 Å². The van der Waals surface area contributed by atoms with Crippen molar-refractivity contribution in [1.82, 2.24) is 4.90 Å². The molecule has 1 fully saturated rings. The lowest BCUT2D eigenvalue weighted by Crippen LogP contribution is -2.28. The van der Waals surface area contributed by atoms with E-state index in [2.05, 4.69) is 22.6 Å². The van der Waals surface area contributed by atoms with Gasteiger partial charge in [-0.1, -0.05) is 30.3 Å². The first-order valence-corrected chi connectivity index (χ1v) is 15.0. The summed E-state index contributed by atoms with van der Waals surface area (Å²) in [6.07, 6.45) is 1.83. The van der Waals surface area contributed by atoms with E-state index in [0.717, 1.165) is 31.7 Å². The summed E-state index contributed by atoms with van der Waals surface area (Å²) >= 11 is 3.49. The van der Waals surface area contributed by atoms with Gasteiger partial charge in [0, 0.05) is 12.1 Å². The zero-order chi connectivity index (χ0) is 30.3. The van der Waals surface area contributed by atoms with Crippen LogP contribution in [-0.4, -0.2) is 35.1 Å². The van der Waals surface area contributed by atoms with Gasteiger partial charge in [0.05, 0.1) is 39.9 Å². The normalized spacial score (nSPS) is 14.8. The van der Waals surface area contributed by atoms with Gasteiger partial charge in [0.15, 0.2) is 16.7 Å². The van der Waals surface area contributed by atoms with E-state index >= 15 is 0 Å². The van der Waals surface area contributed by atoms with Crippen molar-refractivity contribution in [1.29, 1.82) is 0 Å². The van der Waals surface area contributed by atoms with Gasteiger partial charge in [0.1, 0.15) is 12.4 Å². The van der Waals surface area contributed by atoms with E-state index in [9.17, 15) is 14.9 Å². The number of non-ortho nitro benzene ring substituents is 1. The summed E-state index contributed by atoms with van der Waals surface area (Å²) in [5.41, 5.74) is 3.27. The smallest absolute Gasteiger partial charge is 0.269 e. The minimum atomic E-state index is -0.438. The predicted molar refractivity (Wildman–Crippen MR) is 176 cm³/mol. The number of nitro benzene ring substituents is 1. The molecule has 0 spiro atoms. The molecule has 11 heteroatoms. The summed E-state index contributed by atoms with van der Waals surface area (Å²) in [5, 5.41) is 11.5. The third-order valence-corrected chi connectivity index (χ3v) is 8.26. The molecule has 0 aromatic heterocycles. The summed E-state index contributed by atoms with van der Waals surface area (Å²) in [4.78, 5) is 31.2. The van der Waals surface area contributed by atoms with E-state index < -0.39 is 4.92 Å². The number of nitro groups is 1. The van der Waals surface area contributed by atoms with Gasteiger partial charge >= 0.3 is 0 Å². The van der Waals surface area contributed by atoms with E-state index in [1.165, 1.54) is 23.9 Å². The number of hydrogen-bond acceptors (Lipinski definition) is 8. The van der Waals surface area contributed by atoms with Crippen molar-refractivity contribution in [2.45, 2.75) is 13.2 Å². The van der Waals surface area contributed by atoms with Crippen molar-refractivity contribution in [3.8, 4) is 17.2 Å². The molecular weight excluding hydrogens is 681 g/mol. The van der Waals surface area contributed by atoms with Crippen molar-refractivity contribution in [2.24, 2.45) is 4.99 Å². The quantitative estimate of drug-likeness (QED) is 0.0724. The minimum Gasteiger partial charge on any atom is -0.497 e. The van der Waals surface area contributed by atoms with Crippen LogP contribution in [0.15, 0.2) is 101 Å². The Kier molecular flexibility index (Phi) is 9.62. The Balaban J connectivity index is 1.40. The van der Waals surface area contributed by atoms with Gasteiger partial charge in [-0.2, -0.15) is 0 Å². The van der Waals surface area contributed by atoms with Crippen LogP contribution in [0.25, 0.3) is 6.08 Å². The summed E-state index contributed by atoms with van der Waals surface area (Å²) in [7, 11) is 3.17. The van der Waals surface area contributed by atoms with Crippen LogP contribution in [0.5, 0.6) is 17.2 Å². The van der Waals surface area contributed by atoms with Gasteiger partial charge in [-0.3, -0.25) is 19.8 Å². The number of aliphatic imine (C=N–C) groups is 1. The van der Waals surface area contributed by atoms with Crippen molar-refractivity contribution in [2.75, 3.05) is 14.2 Å². The zero-order valence-corrected chi connectivity index (χ0v) is 26.2. The molecule has 1 aliphatic heterocycles. The number of rotatable bonds is 10. The average molecular weight is 708 g/mol. The molecule has 0 bridgehead atoms. The van der Waals surface area contributed by atoms with Gasteiger partial charge in [0.2, 0.25) is 0 Å². The third-order valence-electron chi connectivity index (χ3n) is 6.45. The second-order valence-electron chi connectivity index (χ2n) is 9.33. The molecule has 0 saturated carbocycles. The van der Waals surface area contributed by atoms with E-state index in [-0.39, 0.29) is 18.2 Å². The fraction of sp³-hybridized carbons (Fsp3) is 0.125. The Morgan fingerprint density at radius 2 is 1.65 bits per heavy atom. The zero-order valence-electron chi connectivity index (χ0n) is 23.2. The van der Waals surface area contributed by atoms with E-state index in [0.29, 0.717) is 28.1 Å². The third kappa shape index (κ3) is 7.35. The molecule has 1 heterocycles. The molecule has 9 nitrogen and oxygen atoms in total. The van der Waals surface area contributed by atoms with Gasteiger partial charge in [-0.25, -0.2) is 4.99 Å². The lowest BCUT2D eigenvalue weighted by atomic mass is 10.1. The second kappa shape index (κ2) is 13.7. The largest absolute Gasteiger partial charge is 0.497 e. The molecule has 0 unspecified atom stereocenters. The number of carbonyl (C=O) groups is 1. The Morgan fingerprint density at radius 1 is 0.953 bits per heavy atom. The lowest BCUT2D eigenvalue weighted by Gasteiger charge is -2.16. The number of carbonyl (C=O) groups excluding carboxylic acids is 1. The standard InChI is InChI=1S/C32H26IN3O6S/c1-40-26-14-10-21(11-15-26)19-35-31(37)29(43-32(35)34-24-6-4-3-5-7-24)18-23-16-27(33)30(28(17-23)41-2)42-20-22-8-12-25(13-9-22)36(38)39/h3-18H,19-20H2,1-2H3/b29-18-,34-32?. The molecule has 0 N–H and O–H groups in total. The number of hydrogen-bond donors (Lipinski definition) is 0. The molecule has 0 radical (unpaired) electrons. The first kappa shape index (κ1) is 30.1. The van der Waals surface area contributed by atoms with Crippen LogP contribution >= 0.6 is 34.4 Å². The van der Waals surface area contributed by atoms with Crippen LogP contribution in [0.4, 0.5) is 11.4 Å². The first-order valence-electron chi connectivity index (χ1n) is 13.1. The molecule has 43 heavy (non-hydrogen) atoms. The van der Waals surface area contributed by atoms with Crippen LogP contribution in [0.3, 0.4) is 0 Å². The Bertz CT molecular complexity index is 1690. The topological polar surface area (TPSA) is 104 Å². The Hall–Kier alpha value is -4.36. The second-order valence-corrected chi connectivity index (χ2v) is 11.5. The number of methoxy groups -OCH3 is 2. The predicted octanol–water partition coefficient (Wildman–Crippen LogP) is 7.60. The summed E-state index contributed by atoms with van der Waals surface area (Å²) in [6.45, 7) is 0.563. The number of nitrogens with zero attached hydrogens (tertiary/aromatic N) is 3. The summed E-state index contributed by atoms with van der Waals surface area (Å²) < 4.78 is 17.7. The highest BCUT2D eigenvalue weighted by molar-refractivity contribution is 14.1. The lowest BCUT2D eigenvalue weighted by molar-refractivity contribution is -0.384. The van der Waals surface area contributed by atoms with E-state index in [1.807, 2.05) is 72.8 Å². The Labute approximate surface area is 266 Å². The fourth-order valence-corrected chi connectivity index (χ4v) is 6.02. The molecule has 0 aliphatic carbocycles. The molecule has 1 saturated heterocycles. The maximum absolute atomic E-state index is 13.7. The first-order chi connectivity index (χ1) is 20.8. The number of ether oxygens (including phenoxy) is 3. The van der Waals surface area contributed by atoms with Crippen LogP contribution in [0.2, 0.25) is 0 Å². The van der Waals surface area contributed by atoms with Gasteiger partial charge in [-0.15, -0.1) is 0 Å². The van der Waals surface area contributed by atoms with Crippen molar-refractivity contribution < 1.29 is 23.9 Å². The number of amides is 1. The van der Waals surface area contributed by atoms with Crippen LogP contribution < -0.4 is 14.2 Å². The van der Waals surface area contributed by atoms with E-state index in [1.54, 1.807) is 31.3 Å². The van der Waals surface area contributed by atoms with Gasteiger partial charge in [-0.05, 0) is 106 Å². The van der Waals surface area contributed by atoms with Crippen molar-refractivity contribution in [3.63, 3.8) is 0 Å². The number of benzene rings is 4. The molecule has 4 aromatic rings. The maximum Gasteiger partial charge on any atom is 0.269 e. The van der Waals surface area contributed by atoms with Crippen LogP contribution in [0.1, 0.15) is 16.7 Å². The molecule has 1 amide bonds. The molecule has 218 valence electrons. The molecule has 5 rings (SSSR count). The Morgan fingerprint density at radius 3 is 2.30 bits per heavy atom. The monoisotopic (exact) mass is 707 g/mol. The summed E-state index contributed by atoms with van der Waals surface area (Å²) in [6, 6.07) is 27.1. The molecule has 1 aliphatic rings. The van der Waals surface area contributed by atoms with Gasteiger partial charge < -0.3 is 14.2 Å². The molecular formula is C32H26IN3O6S. The van der Waals surface area contributed by atoms with Crippen LogP contribution in [-0.2, 0) is 17.9 Å². The minimum absolute atomic E-state index is 0.0205. The highest BCUT2D eigenvalue weighted by Gasteiger charge is 2.33. The maximum atomic E-state index is 13.7. The highest BCUT2D eigenvalue weighted by atomic mass is 127. The number of para-hydroxylation sites is 1. The van der Waals surface area contributed by atoms with Crippen molar-refractivity contribution >= 4 is 62.9 Å². The highest BCUT2D eigenvalue weighted by Crippen LogP contribution is 2.39. The SMILES string of the molecule is COc1ccc(CN2C(=O)/C(=C/c3cc(I)c(OCc4ccc([N+](=O)[O-])cc4)c(OC)c3)SC2=Nc2ccccc2)cc1. The number of amidine groups is 1. The summed E-state index contributed by atoms with van der Waals surface area (Å²) in [5.74, 6) is 1.64. The van der Waals surface area contributed by atoms with E-state index in [4.69, 9.17) is 19.2 Å². The molecule has 0 atom stereocenters. The van der Waals surface area contributed by atoms with Crippen LogP contribution in [0, 0.1) is 13.7 Å². The average Bonchev–Trinajstić information content (AvgIpc) is 3.30. The molecule has 4 aromatic carbocycles. The number of halogens is 1. The van der Waals surface area contributed by atoms with Crippen molar-refractivity contribution in [3.05, 3.63) is 126 Å².